The summed E-state index contributed by atoms with van der Waals surface area (Å²) in [5.74, 6) is 0.499. The number of nitrogens with zero attached hydrogens (tertiary/aromatic N) is 1. The Morgan fingerprint density at radius 1 is 1.31 bits per heavy atom. The Morgan fingerprint density at radius 2 is 1.92 bits per heavy atom. The Balaban J connectivity index is 2.21. The number of halogens is 1. The van der Waals surface area contributed by atoms with Gasteiger partial charge in [-0.2, -0.15) is 4.91 Å². The van der Waals surface area contributed by atoms with Crippen LogP contribution in [0.15, 0.2) is 33.9 Å². The van der Waals surface area contributed by atoms with Gasteiger partial charge in [0.1, 0.15) is 6.04 Å². The second kappa shape index (κ2) is 3.58. The molecule has 0 heterocycles. The van der Waals surface area contributed by atoms with E-state index in [0.717, 1.165) is 22.9 Å². The lowest BCUT2D eigenvalue weighted by Crippen LogP contribution is -1.96. The molecule has 3 heteroatoms. The summed E-state index contributed by atoms with van der Waals surface area (Å²) < 4.78 is 1.04. The highest BCUT2D eigenvalue weighted by molar-refractivity contribution is 9.10. The zero-order valence-corrected chi connectivity index (χ0v) is 8.70. The van der Waals surface area contributed by atoms with Crippen molar-refractivity contribution in [2.45, 2.75) is 18.9 Å². The maximum atomic E-state index is 10.6. The Labute approximate surface area is 85.4 Å². The van der Waals surface area contributed by atoms with E-state index in [-0.39, 0.29) is 6.04 Å². The van der Waals surface area contributed by atoms with Gasteiger partial charge in [-0.15, -0.1) is 0 Å². The third-order valence-electron chi connectivity index (χ3n) is 2.39. The van der Waals surface area contributed by atoms with Crippen LogP contribution in [0.5, 0.6) is 0 Å². The number of hydrogen-bond acceptors (Lipinski definition) is 2. The fourth-order valence-corrected chi connectivity index (χ4v) is 1.76. The first kappa shape index (κ1) is 8.88. The van der Waals surface area contributed by atoms with E-state index in [4.69, 9.17) is 0 Å². The Bertz CT molecular complexity index is 305. The van der Waals surface area contributed by atoms with Gasteiger partial charge in [-0.25, -0.2) is 0 Å². The highest BCUT2D eigenvalue weighted by Gasteiger charge is 2.33. The maximum absolute atomic E-state index is 10.6. The van der Waals surface area contributed by atoms with Crippen molar-refractivity contribution >= 4 is 15.9 Å². The third-order valence-corrected chi connectivity index (χ3v) is 2.92. The lowest BCUT2D eigenvalue weighted by Gasteiger charge is -2.06. The molecule has 2 rings (SSSR count). The average molecular weight is 240 g/mol. The van der Waals surface area contributed by atoms with Crippen LogP contribution in [0.25, 0.3) is 0 Å². The van der Waals surface area contributed by atoms with Gasteiger partial charge < -0.3 is 0 Å². The van der Waals surface area contributed by atoms with Crippen molar-refractivity contribution in [2.24, 2.45) is 11.1 Å². The monoisotopic (exact) mass is 239 g/mol. The summed E-state index contributed by atoms with van der Waals surface area (Å²) in [4.78, 5) is 10.6. The summed E-state index contributed by atoms with van der Waals surface area (Å²) in [5, 5.41) is 3.18. The second-order valence-corrected chi connectivity index (χ2v) is 4.35. The Kier molecular flexibility index (Phi) is 2.44. The van der Waals surface area contributed by atoms with Crippen LogP contribution in [0.3, 0.4) is 0 Å². The third kappa shape index (κ3) is 1.97. The van der Waals surface area contributed by atoms with E-state index >= 15 is 0 Å². The van der Waals surface area contributed by atoms with Gasteiger partial charge >= 0.3 is 0 Å². The number of benzene rings is 1. The van der Waals surface area contributed by atoms with Crippen LogP contribution >= 0.6 is 15.9 Å². The lowest BCUT2D eigenvalue weighted by atomic mass is 10.0. The summed E-state index contributed by atoms with van der Waals surface area (Å²) in [6, 6.07) is 7.72. The van der Waals surface area contributed by atoms with Crippen molar-refractivity contribution in [1.29, 1.82) is 0 Å². The minimum atomic E-state index is -0.118. The van der Waals surface area contributed by atoms with Crippen LogP contribution < -0.4 is 0 Å². The summed E-state index contributed by atoms with van der Waals surface area (Å²) in [6.07, 6.45) is 2.29. The average Bonchev–Trinajstić information content (AvgIpc) is 2.93. The van der Waals surface area contributed by atoms with Crippen molar-refractivity contribution in [3.63, 3.8) is 0 Å². The summed E-state index contributed by atoms with van der Waals surface area (Å²) >= 11 is 3.36. The van der Waals surface area contributed by atoms with Gasteiger partial charge in [-0.05, 0) is 36.5 Å². The molecule has 0 spiro atoms. The minimum absolute atomic E-state index is 0.118. The molecule has 0 aliphatic heterocycles. The number of rotatable bonds is 3. The molecule has 0 aromatic heterocycles. The Morgan fingerprint density at radius 3 is 2.38 bits per heavy atom. The molecule has 1 saturated carbocycles. The molecule has 0 radical (unpaired) electrons. The molecule has 1 aliphatic carbocycles. The van der Waals surface area contributed by atoms with Crippen LogP contribution in [-0.2, 0) is 0 Å². The highest BCUT2D eigenvalue weighted by Crippen LogP contribution is 2.43. The topological polar surface area (TPSA) is 29.4 Å². The fourth-order valence-electron chi connectivity index (χ4n) is 1.49. The first-order chi connectivity index (χ1) is 6.31. The normalized spacial score (nSPS) is 18.2. The first-order valence-electron chi connectivity index (χ1n) is 4.39. The molecule has 13 heavy (non-hydrogen) atoms. The van der Waals surface area contributed by atoms with E-state index in [1.807, 2.05) is 24.3 Å². The summed E-state index contributed by atoms with van der Waals surface area (Å²) in [5.41, 5.74) is 1.04. The molecule has 0 bridgehead atoms. The van der Waals surface area contributed by atoms with Gasteiger partial charge in [-0.1, -0.05) is 33.2 Å². The summed E-state index contributed by atoms with van der Waals surface area (Å²) in [6.45, 7) is 0. The zero-order valence-electron chi connectivity index (χ0n) is 7.11. The van der Waals surface area contributed by atoms with Crippen molar-refractivity contribution in [1.82, 2.24) is 0 Å². The molecular formula is C10H10BrNO. The molecule has 1 unspecified atom stereocenters. The van der Waals surface area contributed by atoms with Crippen LogP contribution in [-0.4, -0.2) is 0 Å². The van der Waals surface area contributed by atoms with Gasteiger partial charge in [-0.3, -0.25) is 0 Å². The lowest BCUT2D eigenvalue weighted by molar-refractivity contribution is 0.631. The SMILES string of the molecule is O=NC(c1ccc(Br)cc1)C1CC1. The van der Waals surface area contributed by atoms with Crippen LogP contribution in [0.2, 0.25) is 0 Å². The maximum Gasteiger partial charge on any atom is 0.120 e. The molecule has 1 atom stereocenters. The fraction of sp³-hybridized carbons (Fsp3) is 0.400. The Hall–Kier alpha value is -0.700. The standard InChI is InChI=1S/C10H10BrNO/c11-9-5-3-8(4-6-9)10(12-13)7-1-2-7/h3-7,10H,1-2H2. The molecule has 68 valence electrons. The van der Waals surface area contributed by atoms with Crippen LogP contribution in [0.1, 0.15) is 24.4 Å². The zero-order chi connectivity index (χ0) is 9.26. The van der Waals surface area contributed by atoms with E-state index in [2.05, 4.69) is 21.1 Å². The molecule has 1 fully saturated rings. The van der Waals surface area contributed by atoms with E-state index < -0.39 is 0 Å². The predicted octanol–water partition coefficient (Wildman–Crippen LogP) is 3.67. The van der Waals surface area contributed by atoms with Gasteiger partial charge in [0.25, 0.3) is 0 Å². The molecule has 0 saturated heterocycles. The molecule has 2 nitrogen and oxygen atoms in total. The predicted molar refractivity (Wildman–Crippen MR) is 55.4 cm³/mol. The minimum Gasteiger partial charge on any atom is -0.150 e. The van der Waals surface area contributed by atoms with Crippen molar-refractivity contribution in [3.05, 3.63) is 39.2 Å². The molecule has 0 amide bonds. The molecule has 0 N–H and O–H groups in total. The quantitative estimate of drug-likeness (QED) is 0.741. The van der Waals surface area contributed by atoms with Gasteiger partial charge in [0.05, 0.1) is 0 Å². The largest absolute Gasteiger partial charge is 0.150 e. The van der Waals surface area contributed by atoms with E-state index in [0.29, 0.717) is 5.92 Å². The smallest absolute Gasteiger partial charge is 0.120 e. The number of nitroso groups, excluding NO2 is 1. The summed E-state index contributed by atoms with van der Waals surface area (Å²) in [7, 11) is 0. The second-order valence-electron chi connectivity index (χ2n) is 3.44. The molecule has 1 aromatic carbocycles. The van der Waals surface area contributed by atoms with Gasteiger partial charge in [0.15, 0.2) is 0 Å². The van der Waals surface area contributed by atoms with Crippen molar-refractivity contribution in [3.8, 4) is 0 Å². The van der Waals surface area contributed by atoms with E-state index in [1.54, 1.807) is 0 Å². The van der Waals surface area contributed by atoms with Crippen molar-refractivity contribution in [2.75, 3.05) is 0 Å². The van der Waals surface area contributed by atoms with Crippen LogP contribution in [0.4, 0.5) is 0 Å². The molecule has 1 aromatic rings. The van der Waals surface area contributed by atoms with Gasteiger partial charge in [0.2, 0.25) is 0 Å². The first-order valence-corrected chi connectivity index (χ1v) is 5.18. The van der Waals surface area contributed by atoms with E-state index in [9.17, 15) is 4.91 Å². The van der Waals surface area contributed by atoms with Gasteiger partial charge in [0, 0.05) is 4.47 Å². The molecular weight excluding hydrogens is 230 g/mol. The van der Waals surface area contributed by atoms with E-state index in [1.165, 1.54) is 0 Å². The van der Waals surface area contributed by atoms with Crippen LogP contribution in [0, 0.1) is 10.8 Å². The molecule has 1 aliphatic rings. The highest BCUT2D eigenvalue weighted by atomic mass is 79.9. The number of hydrogen-bond donors (Lipinski definition) is 0. The van der Waals surface area contributed by atoms with Crippen molar-refractivity contribution < 1.29 is 0 Å².